The van der Waals surface area contributed by atoms with Crippen molar-refractivity contribution in [1.29, 1.82) is 0 Å². The van der Waals surface area contributed by atoms with Crippen LogP contribution in [0.15, 0.2) is 45.8 Å². The highest BCUT2D eigenvalue weighted by Crippen LogP contribution is 2.29. The summed E-state index contributed by atoms with van der Waals surface area (Å²) >= 11 is 3.14. The van der Waals surface area contributed by atoms with E-state index in [4.69, 9.17) is 0 Å². The Kier molecular flexibility index (Phi) is 5.23. The Morgan fingerprint density at radius 2 is 1.96 bits per heavy atom. The number of hydrogen-bond acceptors (Lipinski definition) is 2. The van der Waals surface area contributed by atoms with Gasteiger partial charge in [0.2, 0.25) is 5.91 Å². The van der Waals surface area contributed by atoms with Gasteiger partial charge >= 0.3 is 6.18 Å². The van der Waals surface area contributed by atoms with Gasteiger partial charge in [0.1, 0.15) is 11.5 Å². The minimum absolute atomic E-state index is 0.0949. The molecule has 1 aromatic heterocycles. The number of halogens is 5. The zero-order valence-electron chi connectivity index (χ0n) is 11.7. The average Bonchev–Trinajstić information content (AvgIpc) is 2.49. The van der Waals surface area contributed by atoms with Crippen molar-refractivity contribution in [2.75, 3.05) is 5.32 Å². The molecule has 0 unspecified atom stereocenters. The van der Waals surface area contributed by atoms with Crippen molar-refractivity contribution in [3.63, 3.8) is 0 Å². The van der Waals surface area contributed by atoms with E-state index >= 15 is 0 Å². The molecule has 126 valence electrons. The third-order valence-electron chi connectivity index (χ3n) is 2.86. The molecule has 9 heteroatoms. The molecular formula is C15H9BrF4N2O2. The fourth-order valence-corrected chi connectivity index (χ4v) is 2.10. The topological polar surface area (TPSA) is 62.0 Å². The third kappa shape index (κ3) is 4.54. The van der Waals surface area contributed by atoms with Gasteiger partial charge in [-0.25, -0.2) is 4.39 Å². The molecule has 0 aliphatic carbocycles. The fourth-order valence-electron chi connectivity index (χ4n) is 1.72. The predicted molar refractivity (Wildman–Crippen MR) is 83.8 cm³/mol. The molecule has 4 nitrogen and oxygen atoms in total. The molecule has 0 radical (unpaired) electrons. The van der Waals surface area contributed by atoms with Crippen molar-refractivity contribution in [3.8, 4) is 0 Å². The summed E-state index contributed by atoms with van der Waals surface area (Å²) in [5, 5.41) is 2.02. The van der Waals surface area contributed by atoms with Gasteiger partial charge in [-0.05, 0) is 30.3 Å². The van der Waals surface area contributed by atoms with Crippen molar-refractivity contribution in [2.24, 2.45) is 0 Å². The summed E-state index contributed by atoms with van der Waals surface area (Å²) in [6.45, 7) is 0. The highest BCUT2D eigenvalue weighted by molar-refractivity contribution is 9.10. The number of H-pyrrole nitrogens is 1. The van der Waals surface area contributed by atoms with Crippen molar-refractivity contribution in [3.05, 3.63) is 68.3 Å². The Bertz CT molecular complexity index is 859. The Morgan fingerprint density at radius 1 is 1.25 bits per heavy atom. The number of rotatable bonds is 3. The van der Waals surface area contributed by atoms with E-state index in [9.17, 15) is 27.2 Å². The first kappa shape index (κ1) is 17.9. The molecule has 1 heterocycles. The van der Waals surface area contributed by atoms with Gasteiger partial charge in [-0.3, -0.25) is 9.59 Å². The van der Waals surface area contributed by atoms with E-state index in [0.717, 1.165) is 12.2 Å². The van der Waals surface area contributed by atoms with Gasteiger partial charge in [0.05, 0.1) is 5.56 Å². The number of nitrogens with one attached hydrogen (secondary N) is 2. The van der Waals surface area contributed by atoms with E-state index < -0.39 is 34.7 Å². The first-order valence-electron chi connectivity index (χ1n) is 6.41. The van der Waals surface area contributed by atoms with Crippen LogP contribution in [0.2, 0.25) is 0 Å². The number of carbonyl (C=O) groups is 1. The molecule has 0 aliphatic heterocycles. The zero-order valence-corrected chi connectivity index (χ0v) is 13.3. The van der Waals surface area contributed by atoms with E-state index in [0.29, 0.717) is 16.7 Å². The average molecular weight is 405 g/mol. The number of hydrogen-bond donors (Lipinski definition) is 2. The highest BCUT2D eigenvalue weighted by atomic mass is 79.9. The molecule has 0 aliphatic rings. The van der Waals surface area contributed by atoms with Crippen molar-refractivity contribution in [2.45, 2.75) is 6.18 Å². The van der Waals surface area contributed by atoms with Crippen LogP contribution in [0.4, 0.5) is 23.2 Å². The molecule has 24 heavy (non-hydrogen) atoms. The molecule has 2 N–H and O–H groups in total. The van der Waals surface area contributed by atoms with Gasteiger partial charge in [0, 0.05) is 22.3 Å². The molecule has 0 saturated carbocycles. The normalized spacial score (nSPS) is 11.7. The van der Waals surface area contributed by atoms with Crippen molar-refractivity contribution in [1.82, 2.24) is 4.98 Å². The quantitative estimate of drug-likeness (QED) is 0.600. The lowest BCUT2D eigenvalue weighted by molar-refractivity contribution is -0.137. The van der Waals surface area contributed by atoms with Crippen LogP contribution in [0, 0.1) is 5.82 Å². The number of anilines is 1. The van der Waals surface area contributed by atoms with Crippen LogP contribution in [0.3, 0.4) is 0 Å². The standard InChI is InChI=1S/C15H9BrF4N2O2/c16-10-2-3-11(17)8(5-10)1-4-13(23)22-12-6-9(15(18,19)20)7-21-14(12)24/h1-7H,(H,21,24)(H,22,23). The van der Waals surface area contributed by atoms with E-state index in [1.165, 1.54) is 18.2 Å². The highest BCUT2D eigenvalue weighted by Gasteiger charge is 2.31. The molecule has 1 amide bonds. The Hall–Kier alpha value is -2.42. The van der Waals surface area contributed by atoms with E-state index in [-0.39, 0.29) is 5.56 Å². The maximum absolute atomic E-state index is 13.5. The number of aromatic nitrogens is 1. The second-order valence-corrected chi connectivity index (χ2v) is 5.53. The summed E-state index contributed by atoms with van der Waals surface area (Å²) in [4.78, 5) is 25.1. The second-order valence-electron chi connectivity index (χ2n) is 4.62. The van der Waals surface area contributed by atoms with Gasteiger partial charge in [0.15, 0.2) is 0 Å². The smallest absolute Gasteiger partial charge is 0.327 e. The number of carbonyl (C=O) groups excluding carboxylic acids is 1. The largest absolute Gasteiger partial charge is 0.417 e. The van der Waals surface area contributed by atoms with Crippen LogP contribution in [0.25, 0.3) is 6.08 Å². The molecule has 0 saturated heterocycles. The Morgan fingerprint density at radius 3 is 2.62 bits per heavy atom. The molecule has 0 fully saturated rings. The molecule has 0 bridgehead atoms. The molecular weight excluding hydrogens is 396 g/mol. The van der Waals surface area contributed by atoms with Gasteiger partial charge < -0.3 is 10.3 Å². The van der Waals surface area contributed by atoms with Crippen LogP contribution in [-0.4, -0.2) is 10.9 Å². The maximum atomic E-state index is 13.5. The number of aromatic amines is 1. The Balaban J connectivity index is 2.19. The number of pyridine rings is 1. The Labute approximate surface area is 141 Å². The SMILES string of the molecule is O=C(C=Cc1cc(Br)ccc1F)Nc1cc(C(F)(F)F)c[nH]c1=O. The predicted octanol–water partition coefficient (Wildman–Crippen LogP) is 3.95. The lowest BCUT2D eigenvalue weighted by Crippen LogP contribution is -2.20. The fraction of sp³-hybridized carbons (Fsp3) is 0.0667. The molecule has 1 aromatic carbocycles. The van der Waals surface area contributed by atoms with E-state index in [1.807, 2.05) is 10.3 Å². The minimum Gasteiger partial charge on any atom is -0.327 e. The van der Waals surface area contributed by atoms with Crippen LogP contribution in [-0.2, 0) is 11.0 Å². The first-order valence-corrected chi connectivity index (χ1v) is 7.20. The van der Waals surface area contributed by atoms with Crippen LogP contribution >= 0.6 is 15.9 Å². The van der Waals surface area contributed by atoms with Gasteiger partial charge in [0.25, 0.3) is 5.56 Å². The van der Waals surface area contributed by atoms with E-state index in [1.54, 1.807) is 0 Å². The lowest BCUT2D eigenvalue weighted by Gasteiger charge is -2.08. The van der Waals surface area contributed by atoms with Crippen LogP contribution in [0.5, 0.6) is 0 Å². The van der Waals surface area contributed by atoms with Crippen molar-refractivity contribution < 1.29 is 22.4 Å². The summed E-state index contributed by atoms with van der Waals surface area (Å²) in [6.07, 6.45) is -2.12. The zero-order chi connectivity index (χ0) is 17.9. The van der Waals surface area contributed by atoms with E-state index in [2.05, 4.69) is 15.9 Å². The minimum atomic E-state index is -4.67. The summed E-state index contributed by atoms with van der Waals surface area (Å²) in [7, 11) is 0. The number of alkyl halides is 3. The van der Waals surface area contributed by atoms with Gasteiger partial charge in [-0.2, -0.15) is 13.2 Å². The lowest BCUT2D eigenvalue weighted by atomic mass is 10.2. The third-order valence-corrected chi connectivity index (χ3v) is 3.35. The van der Waals surface area contributed by atoms with Crippen LogP contribution < -0.4 is 10.9 Å². The molecule has 0 atom stereocenters. The van der Waals surface area contributed by atoms with Crippen LogP contribution in [0.1, 0.15) is 11.1 Å². The monoisotopic (exact) mass is 404 g/mol. The molecule has 2 rings (SSSR count). The summed E-state index contributed by atoms with van der Waals surface area (Å²) in [5.74, 6) is -1.46. The maximum Gasteiger partial charge on any atom is 0.417 e. The molecule has 0 spiro atoms. The van der Waals surface area contributed by atoms with Gasteiger partial charge in [-0.1, -0.05) is 15.9 Å². The number of amides is 1. The summed E-state index contributed by atoms with van der Waals surface area (Å²) in [5.41, 5.74) is -2.47. The number of benzene rings is 1. The molecule has 2 aromatic rings. The second kappa shape index (κ2) is 7.00. The summed E-state index contributed by atoms with van der Waals surface area (Å²) in [6, 6.07) is 4.58. The first-order chi connectivity index (χ1) is 11.2. The van der Waals surface area contributed by atoms with Crippen molar-refractivity contribution >= 4 is 33.6 Å². The van der Waals surface area contributed by atoms with Gasteiger partial charge in [-0.15, -0.1) is 0 Å². The summed E-state index contributed by atoms with van der Waals surface area (Å²) < 4.78 is 51.9.